The van der Waals surface area contributed by atoms with Crippen LogP contribution in [0.4, 0.5) is 10.5 Å². The maximum Gasteiger partial charge on any atom is 0.330 e. The molecule has 20 heavy (non-hydrogen) atoms. The highest BCUT2D eigenvalue weighted by Crippen LogP contribution is 2.13. The summed E-state index contributed by atoms with van der Waals surface area (Å²) < 4.78 is 1.53. The van der Waals surface area contributed by atoms with Gasteiger partial charge < -0.3 is 15.7 Å². The van der Waals surface area contributed by atoms with Crippen molar-refractivity contribution in [3.8, 4) is 0 Å². The van der Waals surface area contributed by atoms with E-state index in [0.29, 0.717) is 11.3 Å². The van der Waals surface area contributed by atoms with Crippen LogP contribution < -0.4 is 10.6 Å². The number of carboxylic acid groups (broad SMARTS) is 1. The van der Waals surface area contributed by atoms with Crippen LogP contribution in [0.2, 0.25) is 0 Å². The number of aromatic nitrogens is 2. The standard InChI is InChI=1S/C13H14N4O3/c1-17-8-10(7-14-17)15-13(20)16-11(12(18)19)9-5-3-2-4-6-9/h2-8,11H,1H3,(H,18,19)(H2,15,16,20)/t11-/m1/s1. The number of aliphatic carboxylic acids is 1. The molecule has 0 aliphatic heterocycles. The normalized spacial score (nSPS) is 11.7. The molecule has 2 amide bonds. The van der Waals surface area contributed by atoms with Gasteiger partial charge in [0.25, 0.3) is 0 Å². The summed E-state index contributed by atoms with van der Waals surface area (Å²) in [6.07, 6.45) is 3.08. The number of amides is 2. The first-order valence-electron chi connectivity index (χ1n) is 5.90. The maximum absolute atomic E-state index is 11.8. The average Bonchev–Trinajstić information content (AvgIpc) is 2.82. The second-order valence-electron chi connectivity index (χ2n) is 4.18. The second-order valence-corrected chi connectivity index (χ2v) is 4.18. The number of rotatable bonds is 4. The molecule has 0 aliphatic rings. The second kappa shape index (κ2) is 5.87. The molecule has 1 heterocycles. The Morgan fingerprint density at radius 2 is 2.00 bits per heavy atom. The molecule has 2 aromatic rings. The number of nitrogens with one attached hydrogen (secondary N) is 2. The van der Waals surface area contributed by atoms with Crippen molar-refractivity contribution in [2.75, 3.05) is 5.32 Å². The smallest absolute Gasteiger partial charge is 0.330 e. The van der Waals surface area contributed by atoms with Gasteiger partial charge in [0, 0.05) is 13.2 Å². The van der Waals surface area contributed by atoms with Gasteiger partial charge in [0.15, 0.2) is 6.04 Å². The van der Waals surface area contributed by atoms with Crippen molar-refractivity contribution in [1.29, 1.82) is 0 Å². The first-order chi connectivity index (χ1) is 9.56. The number of hydrogen-bond acceptors (Lipinski definition) is 3. The van der Waals surface area contributed by atoms with Gasteiger partial charge in [0.05, 0.1) is 11.9 Å². The van der Waals surface area contributed by atoms with Gasteiger partial charge >= 0.3 is 12.0 Å². The molecule has 0 radical (unpaired) electrons. The highest BCUT2D eigenvalue weighted by atomic mass is 16.4. The summed E-state index contributed by atoms with van der Waals surface area (Å²) in [6.45, 7) is 0. The molecule has 1 atom stereocenters. The lowest BCUT2D eigenvalue weighted by Gasteiger charge is -2.14. The number of anilines is 1. The van der Waals surface area contributed by atoms with Gasteiger partial charge in [-0.2, -0.15) is 5.10 Å². The molecule has 2 rings (SSSR count). The Bertz CT molecular complexity index is 609. The summed E-state index contributed by atoms with van der Waals surface area (Å²) in [7, 11) is 1.72. The zero-order valence-corrected chi connectivity index (χ0v) is 10.8. The quantitative estimate of drug-likeness (QED) is 0.784. The minimum Gasteiger partial charge on any atom is -0.479 e. The van der Waals surface area contributed by atoms with E-state index in [-0.39, 0.29) is 0 Å². The molecule has 3 N–H and O–H groups in total. The van der Waals surface area contributed by atoms with Crippen LogP contribution in [-0.4, -0.2) is 26.9 Å². The Balaban J connectivity index is 2.05. The molecular weight excluding hydrogens is 260 g/mol. The van der Waals surface area contributed by atoms with Crippen molar-refractivity contribution in [3.63, 3.8) is 0 Å². The molecule has 104 valence electrons. The van der Waals surface area contributed by atoms with E-state index in [1.54, 1.807) is 43.6 Å². The Hall–Kier alpha value is -2.83. The third-order valence-electron chi connectivity index (χ3n) is 2.62. The van der Waals surface area contributed by atoms with Gasteiger partial charge in [0.2, 0.25) is 0 Å². The molecule has 0 spiro atoms. The monoisotopic (exact) mass is 274 g/mol. The lowest BCUT2D eigenvalue weighted by atomic mass is 10.1. The van der Waals surface area contributed by atoms with E-state index < -0.39 is 18.0 Å². The highest BCUT2D eigenvalue weighted by molar-refractivity contribution is 5.92. The highest BCUT2D eigenvalue weighted by Gasteiger charge is 2.21. The van der Waals surface area contributed by atoms with E-state index in [1.165, 1.54) is 10.9 Å². The molecule has 7 heteroatoms. The van der Waals surface area contributed by atoms with Crippen molar-refractivity contribution >= 4 is 17.7 Å². The third kappa shape index (κ3) is 3.35. The predicted octanol–water partition coefficient (Wildman–Crippen LogP) is 1.37. The predicted molar refractivity (Wildman–Crippen MR) is 72.2 cm³/mol. The molecule has 0 fully saturated rings. The van der Waals surface area contributed by atoms with Gasteiger partial charge in [-0.3, -0.25) is 4.68 Å². The van der Waals surface area contributed by atoms with Gasteiger partial charge in [-0.25, -0.2) is 9.59 Å². The van der Waals surface area contributed by atoms with Gasteiger partial charge in [-0.05, 0) is 5.56 Å². The van der Waals surface area contributed by atoms with E-state index in [2.05, 4.69) is 15.7 Å². The Morgan fingerprint density at radius 3 is 2.55 bits per heavy atom. The summed E-state index contributed by atoms with van der Waals surface area (Å²) in [5.41, 5.74) is 0.989. The zero-order valence-electron chi connectivity index (χ0n) is 10.8. The number of benzene rings is 1. The summed E-state index contributed by atoms with van der Waals surface area (Å²) in [5.74, 6) is -1.13. The van der Waals surface area contributed by atoms with Crippen LogP contribution in [0.15, 0.2) is 42.7 Å². The van der Waals surface area contributed by atoms with E-state index in [0.717, 1.165) is 0 Å². The molecule has 0 saturated carbocycles. The summed E-state index contributed by atoms with van der Waals surface area (Å²) in [5, 5.41) is 18.0. The minimum atomic E-state index is -1.13. The van der Waals surface area contributed by atoms with Crippen LogP contribution in [-0.2, 0) is 11.8 Å². The fraction of sp³-hybridized carbons (Fsp3) is 0.154. The van der Waals surface area contributed by atoms with Gasteiger partial charge in [-0.1, -0.05) is 30.3 Å². The molecule has 1 aromatic heterocycles. The maximum atomic E-state index is 11.8. The van der Waals surface area contributed by atoms with Crippen LogP contribution in [0.1, 0.15) is 11.6 Å². The number of carbonyl (C=O) groups excluding carboxylic acids is 1. The van der Waals surface area contributed by atoms with Crippen molar-refractivity contribution < 1.29 is 14.7 Å². The lowest BCUT2D eigenvalue weighted by Crippen LogP contribution is -2.36. The lowest BCUT2D eigenvalue weighted by molar-refractivity contribution is -0.139. The Labute approximate surface area is 115 Å². The first-order valence-corrected chi connectivity index (χ1v) is 5.90. The minimum absolute atomic E-state index is 0.488. The molecule has 0 aliphatic carbocycles. The van der Waals surface area contributed by atoms with Crippen LogP contribution in [0.3, 0.4) is 0 Å². The van der Waals surface area contributed by atoms with E-state index in [9.17, 15) is 14.7 Å². The molecule has 1 aromatic carbocycles. The Morgan fingerprint density at radius 1 is 1.30 bits per heavy atom. The number of nitrogens with zero attached hydrogens (tertiary/aromatic N) is 2. The van der Waals surface area contributed by atoms with Crippen molar-refractivity contribution in [2.45, 2.75) is 6.04 Å². The number of urea groups is 1. The summed E-state index contributed by atoms with van der Waals surface area (Å²) in [6, 6.07) is 6.78. The molecule has 0 bridgehead atoms. The van der Waals surface area contributed by atoms with E-state index in [4.69, 9.17) is 0 Å². The summed E-state index contributed by atoms with van der Waals surface area (Å²) in [4.78, 5) is 23.0. The number of hydrogen-bond donors (Lipinski definition) is 3. The molecule has 0 saturated heterocycles. The van der Waals surface area contributed by atoms with Crippen LogP contribution in [0, 0.1) is 0 Å². The summed E-state index contributed by atoms with van der Waals surface area (Å²) >= 11 is 0. The SMILES string of the molecule is Cn1cc(NC(=O)N[C@@H](C(=O)O)c2ccccc2)cn1. The largest absolute Gasteiger partial charge is 0.479 e. The van der Waals surface area contributed by atoms with E-state index >= 15 is 0 Å². The van der Waals surface area contributed by atoms with Crippen LogP contribution in [0.25, 0.3) is 0 Å². The van der Waals surface area contributed by atoms with Crippen molar-refractivity contribution in [2.24, 2.45) is 7.05 Å². The number of aryl methyl sites for hydroxylation is 1. The Kier molecular flexibility index (Phi) is 3.99. The topological polar surface area (TPSA) is 96.2 Å². The average molecular weight is 274 g/mol. The van der Waals surface area contributed by atoms with Crippen LogP contribution >= 0.6 is 0 Å². The molecular formula is C13H14N4O3. The van der Waals surface area contributed by atoms with Crippen LogP contribution in [0.5, 0.6) is 0 Å². The number of carboxylic acids is 1. The van der Waals surface area contributed by atoms with Crippen molar-refractivity contribution in [3.05, 3.63) is 48.3 Å². The fourth-order valence-corrected chi connectivity index (χ4v) is 1.72. The van der Waals surface area contributed by atoms with E-state index in [1.807, 2.05) is 0 Å². The van der Waals surface area contributed by atoms with Crippen molar-refractivity contribution in [1.82, 2.24) is 15.1 Å². The number of carbonyl (C=O) groups is 2. The van der Waals surface area contributed by atoms with Gasteiger partial charge in [-0.15, -0.1) is 0 Å². The van der Waals surface area contributed by atoms with Gasteiger partial charge in [0.1, 0.15) is 0 Å². The first kappa shape index (κ1) is 13.6. The fourth-order valence-electron chi connectivity index (χ4n) is 1.72. The third-order valence-corrected chi connectivity index (χ3v) is 2.62. The zero-order chi connectivity index (χ0) is 14.5. The molecule has 0 unspecified atom stereocenters. The molecule has 7 nitrogen and oxygen atoms in total.